The Labute approximate surface area is 311 Å². The summed E-state index contributed by atoms with van der Waals surface area (Å²) in [6, 6.07) is 22.8. The maximum atomic E-state index is 14.3. The van der Waals surface area contributed by atoms with Gasteiger partial charge in [0.25, 0.3) is 0 Å². The van der Waals surface area contributed by atoms with Gasteiger partial charge in [0.15, 0.2) is 0 Å². The van der Waals surface area contributed by atoms with E-state index in [0.717, 1.165) is 46.9 Å². The third-order valence-electron chi connectivity index (χ3n) is 10.2. The van der Waals surface area contributed by atoms with Gasteiger partial charge in [0.05, 0.1) is 5.56 Å². The summed E-state index contributed by atoms with van der Waals surface area (Å²) in [5, 5.41) is 0. The second-order valence-electron chi connectivity index (χ2n) is 15.0. The Bertz CT molecular complexity index is 2040. The average Bonchev–Trinajstić information content (AvgIpc) is 3.12. The molecular weight excluding hydrogens is 639 g/mol. The van der Waals surface area contributed by atoms with Gasteiger partial charge in [-0.2, -0.15) is 0 Å². The summed E-state index contributed by atoms with van der Waals surface area (Å²) in [5.41, 5.74) is 9.04. The van der Waals surface area contributed by atoms with Crippen LogP contribution in [0.15, 0.2) is 72.8 Å². The Morgan fingerprint density at radius 2 is 0.808 bits per heavy atom. The lowest BCUT2D eigenvalue weighted by molar-refractivity contribution is 0.337. The molecule has 0 aliphatic heterocycles. The first kappa shape index (κ1) is 38.2. The van der Waals surface area contributed by atoms with Gasteiger partial charge in [0, 0.05) is 39.7 Å². The second kappa shape index (κ2) is 18.5. The van der Waals surface area contributed by atoms with Crippen LogP contribution in [0.3, 0.4) is 0 Å². The van der Waals surface area contributed by atoms with Crippen LogP contribution in [0, 0.1) is 110 Å². The molecule has 264 valence electrons. The molecule has 0 aromatic heterocycles. The fourth-order valence-electron chi connectivity index (χ4n) is 6.72. The van der Waals surface area contributed by atoms with Crippen LogP contribution in [-0.4, -0.2) is 0 Å². The predicted octanol–water partition coefficient (Wildman–Crippen LogP) is 12.0. The van der Waals surface area contributed by atoms with E-state index in [9.17, 15) is 8.78 Å². The molecular formula is C50H50F2. The van der Waals surface area contributed by atoms with E-state index in [1.807, 2.05) is 31.2 Å². The zero-order chi connectivity index (χ0) is 37.0. The van der Waals surface area contributed by atoms with Crippen LogP contribution >= 0.6 is 0 Å². The van der Waals surface area contributed by atoms with Crippen LogP contribution in [0.1, 0.15) is 121 Å². The Balaban J connectivity index is 0.000000201. The van der Waals surface area contributed by atoms with E-state index < -0.39 is 11.6 Å². The van der Waals surface area contributed by atoms with E-state index in [-0.39, 0.29) is 5.56 Å². The smallest absolute Gasteiger partial charge is 0.143 e. The van der Waals surface area contributed by atoms with Crippen molar-refractivity contribution in [2.75, 3.05) is 0 Å². The van der Waals surface area contributed by atoms with Gasteiger partial charge < -0.3 is 0 Å². The highest BCUT2D eigenvalue weighted by atomic mass is 19.1. The summed E-state index contributed by atoms with van der Waals surface area (Å²) in [6.45, 7) is 13.0. The minimum Gasteiger partial charge on any atom is -0.205 e. The van der Waals surface area contributed by atoms with Gasteiger partial charge in [-0.15, -0.1) is 0 Å². The molecule has 2 aliphatic carbocycles. The average molecular weight is 689 g/mol. The number of aryl methyl sites for hydroxylation is 4. The van der Waals surface area contributed by atoms with Crippen LogP contribution in [-0.2, 0) is 0 Å². The quantitative estimate of drug-likeness (QED) is 0.161. The predicted molar refractivity (Wildman–Crippen MR) is 213 cm³/mol. The Morgan fingerprint density at radius 3 is 1.27 bits per heavy atom. The first-order valence-corrected chi connectivity index (χ1v) is 18.8. The van der Waals surface area contributed by atoms with Crippen molar-refractivity contribution in [1.82, 2.24) is 0 Å². The van der Waals surface area contributed by atoms with Crippen LogP contribution in [0.25, 0.3) is 0 Å². The van der Waals surface area contributed by atoms with Gasteiger partial charge in [-0.3, -0.25) is 0 Å². The first-order chi connectivity index (χ1) is 25.0. The fourth-order valence-corrected chi connectivity index (χ4v) is 6.72. The molecule has 4 aromatic rings. The molecule has 0 radical (unpaired) electrons. The number of rotatable bonds is 0. The Kier molecular flexibility index (Phi) is 13.6. The highest BCUT2D eigenvalue weighted by Gasteiger charge is 2.17. The SMILES string of the molecule is Cc1ccc(C#Cc2c(F)cc(C#CC3CCC(C)CC3)cc2F)cc1.Cc1ccc(C#Cc2cc(C)c(C#CC3CCC(C)CC3)c(C)c2)cc1. The normalized spacial score (nSPS) is 19.1. The molecule has 2 fully saturated rings. The molecule has 0 unspecified atom stereocenters. The molecule has 0 atom stereocenters. The lowest BCUT2D eigenvalue weighted by Crippen LogP contribution is -2.10. The second-order valence-corrected chi connectivity index (χ2v) is 15.0. The lowest BCUT2D eigenvalue weighted by atomic mass is 9.83. The molecule has 2 saturated carbocycles. The number of hydrogen-bond donors (Lipinski definition) is 0. The van der Waals surface area contributed by atoms with Crippen molar-refractivity contribution in [2.45, 2.75) is 92.9 Å². The fraction of sp³-hybridized carbons (Fsp3) is 0.360. The first-order valence-electron chi connectivity index (χ1n) is 18.8. The molecule has 0 heterocycles. The van der Waals surface area contributed by atoms with Crippen LogP contribution in [0.2, 0.25) is 0 Å². The third-order valence-corrected chi connectivity index (χ3v) is 10.2. The molecule has 0 amide bonds. The molecule has 4 aromatic carbocycles. The molecule has 0 spiro atoms. The summed E-state index contributed by atoms with van der Waals surface area (Å²) >= 11 is 0. The molecule has 2 aliphatic rings. The lowest BCUT2D eigenvalue weighted by Gasteiger charge is -2.22. The van der Waals surface area contributed by atoms with E-state index in [1.165, 1.54) is 72.9 Å². The number of benzene rings is 4. The topological polar surface area (TPSA) is 0 Å². The van der Waals surface area contributed by atoms with Crippen LogP contribution in [0.4, 0.5) is 8.78 Å². The van der Waals surface area contributed by atoms with E-state index in [1.54, 1.807) is 0 Å². The standard InChI is InChI=1S/C26H28.C24H22F2/c1-19-5-9-23(10-6-19)13-14-25-17-21(3)26(22(4)18-25)16-15-24-11-7-20(2)8-12-24;1-17-3-7-19(8-4-17)11-12-21-15-23(25)22(24(26)16-21)14-13-20-9-5-18(2)6-10-20/h5-6,9-10,17-18,20,24H,7-8,11-12H2,1-4H3;5-6,9-10,15-17,19H,3-4,7-8H2,1-2H3. The van der Waals surface area contributed by atoms with Gasteiger partial charge >= 0.3 is 0 Å². The van der Waals surface area contributed by atoms with Crippen LogP contribution < -0.4 is 0 Å². The third kappa shape index (κ3) is 11.5. The zero-order valence-electron chi connectivity index (χ0n) is 31.7. The van der Waals surface area contributed by atoms with Crippen molar-refractivity contribution in [3.63, 3.8) is 0 Å². The van der Waals surface area contributed by atoms with Crippen molar-refractivity contribution in [3.05, 3.63) is 140 Å². The van der Waals surface area contributed by atoms with Gasteiger partial charge in [0.2, 0.25) is 0 Å². The molecule has 52 heavy (non-hydrogen) atoms. The maximum Gasteiger partial charge on any atom is 0.143 e. The van der Waals surface area contributed by atoms with Gasteiger partial charge in [-0.25, -0.2) is 8.78 Å². The molecule has 0 saturated heterocycles. The largest absolute Gasteiger partial charge is 0.205 e. The molecule has 0 bridgehead atoms. The molecule has 0 nitrogen and oxygen atoms in total. The van der Waals surface area contributed by atoms with Crippen molar-refractivity contribution in [3.8, 4) is 47.4 Å². The number of halogens is 2. The maximum absolute atomic E-state index is 14.3. The van der Waals surface area contributed by atoms with E-state index in [4.69, 9.17) is 0 Å². The van der Waals surface area contributed by atoms with Crippen LogP contribution in [0.5, 0.6) is 0 Å². The van der Waals surface area contributed by atoms with Crippen molar-refractivity contribution in [2.24, 2.45) is 23.7 Å². The molecule has 6 rings (SSSR count). The summed E-state index contributed by atoms with van der Waals surface area (Å²) in [7, 11) is 0. The van der Waals surface area contributed by atoms with E-state index in [2.05, 4.69) is 118 Å². The van der Waals surface area contributed by atoms with Crippen molar-refractivity contribution < 1.29 is 8.78 Å². The monoisotopic (exact) mass is 688 g/mol. The van der Waals surface area contributed by atoms with Crippen molar-refractivity contribution in [1.29, 1.82) is 0 Å². The van der Waals surface area contributed by atoms with Gasteiger partial charge in [-0.1, -0.05) is 96.6 Å². The van der Waals surface area contributed by atoms with E-state index in [0.29, 0.717) is 17.4 Å². The highest BCUT2D eigenvalue weighted by Crippen LogP contribution is 2.29. The Hall–Kier alpha value is -5.02. The summed E-state index contributed by atoms with van der Waals surface area (Å²) in [4.78, 5) is 0. The van der Waals surface area contributed by atoms with Crippen molar-refractivity contribution >= 4 is 0 Å². The summed E-state index contributed by atoms with van der Waals surface area (Å²) in [6.07, 6.45) is 9.65. The minimum absolute atomic E-state index is 0.206. The van der Waals surface area contributed by atoms with E-state index >= 15 is 0 Å². The highest BCUT2D eigenvalue weighted by molar-refractivity contribution is 5.54. The molecule has 0 N–H and O–H groups in total. The van der Waals surface area contributed by atoms with Gasteiger partial charge in [-0.05, 0) is 151 Å². The Morgan fingerprint density at radius 1 is 0.423 bits per heavy atom. The minimum atomic E-state index is -0.661. The summed E-state index contributed by atoms with van der Waals surface area (Å²) < 4.78 is 28.6. The summed E-state index contributed by atoms with van der Waals surface area (Å²) in [5.74, 6) is 26.3. The number of hydrogen-bond acceptors (Lipinski definition) is 0. The molecule has 2 heteroatoms. The van der Waals surface area contributed by atoms with Gasteiger partial charge in [0.1, 0.15) is 11.6 Å². The zero-order valence-corrected chi connectivity index (χ0v) is 31.7.